The molecule has 3 rings (SSSR count). The van der Waals surface area contributed by atoms with Crippen molar-refractivity contribution in [3.8, 4) is 0 Å². The van der Waals surface area contributed by atoms with Gasteiger partial charge in [0.05, 0.1) is 5.41 Å². The van der Waals surface area contributed by atoms with E-state index in [-0.39, 0.29) is 17.4 Å². The number of hydrogen-bond donors (Lipinski definition) is 1. The summed E-state index contributed by atoms with van der Waals surface area (Å²) in [5, 5.41) is 0.699. The lowest BCUT2D eigenvalue weighted by Crippen LogP contribution is -2.39. The first-order valence-electron chi connectivity index (χ1n) is 6.43. The highest BCUT2D eigenvalue weighted by molar-refractivity contribution is 6.30. The van der Waals surface area contributed by atoms with Crippen LogP contribution in [0.2, 0.25) is 5.02 Å². The minimum atomic E-state index is -0.311. The molecule has 18 heavy (non-hydrogen) atoms. The summed E-state index contributed by atoms with van der Waals surface area (Å²) in [6, 6.07) is 7.83. The lowest BCUT2D eigenvalue weighted by atomic mass is 9.94. The summed E-state index contributed by atoms with van der Waals surface area (Å²) >= 11 is 6.02. The summed E-state index contributed by atoms with van der Waals surface area (Å²) in [7, 11) is 0. The van der Waals surface area contributed by atoms with Gasteiger partial charge in [0.25, 0.3) is 0 Å². The molecular weight excluding hydrogens is 248 g/mol. The Labute approximate surface area is 112 Å². The van der Waals surface area contributed by atoms with Gasteiger partial charge in [0.15, 0.2) is 0 Å². The maximum atomic E-state index is 12.6. The second kappa shape index (κ2) is 4.25. The van der Waals surface area contributed by atoms with Crippen molar-refractivity contribution in [1.29, 1.82) is 0 Å². The second-order valence-corrected chi connectivity index (χ2v) is 5.83. The predicted molar refractivity (Wildman–Crippen MR) is 71.5 cm³/mol. The molecule has 1 aromatic rings. The molecule has 0 bridgehead atoms. The number of nitrogens with two attached hydrogens (primary N) is 1. The van der Waals surface area contributed by atoms with Crippen LogP contribution in [-0.4, -0.2) is 29.9 Å². The quantitative estimate of drug-likeness (QED) is 0.887. The second-order valence-electron chi connectivity index (χ2n) is 5.39. The lowest BCUT2D eigenvalue weighted by molar-refractivity contribution is -0.132. The normalized spacial score (nSPS) is 25.2. The maximum Gasteiger partial charge on any atom is 0.233 e. The smallest absolute Gasteiger partial charge is 0.233 e. The van der Waals surface area contributed by atoms with Crippen LogP contribution in [0, 0.1) is 0 Å². The molecule has 0 radical (unpaired) electrons. The molecule has 1 aromatic carbocycles. The Kier molecular flexibility index (Phi) is 2.83. The van der Waals surface area contributed by atoms with E-state index in [4.69, 9.17) is 17.3 Å². The monoisotopic (exact) mass is 264 g/mol. The number of halogens is 1. The number of nitrogens with zero attached hydrogens (tertiary/aromatic N) is 1. The number of amides is 1. The number of likely N-dealkylation sites (tertiary alicyclic amines) is 1. The van der Waals surface area contributed by atoms with E-state index in [0.717, 1.165) is 31.4 Å². The summed E-state index contributed by atoms with van der Waals surface area (Å²) in [6.07, 6.45) is 2.77. The lowest BCUT2D eigenvalue weighted by Gasteiger charge is -2.23. The van der Waals surface area contributed by atoms with Gasteiger partial charge in [-0.3, -0.25) is 4.79 Å². The summed E-state index contributed by atoms with van der Waals surface area (Å²) in [5.74, 6) is 0.234. The zero-order chi connectivity index (χ0) is 12.8. The number of hydrogen-bond acceptors (Lipinski definition) is 2. The fourth-order valence-electron chi connectivity index (χ4n) is 2.81. The standard InChI is InChI=1S/C14H17ClN2O/c15-11-3-1-2-10(8-11)14(5-6-14)13(18)17-7-4-12(16)9-17/h1-3,8,12H,4-7,9,16H2. The van der Waals surface area contributed by atoms with Crippen molar-refractivity contribution in [2.24, 2.45) is 5.73 Å². The van der Waals surface area contributed by atoms with Crippen LogP contribution in [-0.2, 0) is 10.2 Å². The summed E-state index contributed by atoms with van der Waals surface area (Å²) in [4.78, 5) is 14.5. The van der Waals surface area contributed by atoms with Crippen molar-refractivity contribution in [1.82, 2.24) is 4.90 Å². The molecular formula is C14H17ClN2O. The van der Waals surface area contributed by atoms with Gasteiger partial charge in [-0.05, 0) is 37.0 Å². The molecule has 1 saturated carbocycles. The molecule has 96 valence electrons. The van der Waals surface area contributed by atoms with Crippen LogP contribution in [0.3, 0.4) is 0 Å². The summed E-state index contributed by atoms with van der Waals surface area (Å²) in [5.41, 5.74) is 6.62. The van der Waals surface area contributed by atoms with Gasteiger partial charge in [-0.1, -0.05) is 23.7 Å². The Bertz CT molecular complexity index is 484. The van der Waals surface area contributed by atoms with Crippen LogP contribution in [0.25, 0.3) is 0 Å². The van der Waals surface area contributed by atoms with Crippen molar-refractivity contribution >= 4 is 17.5 Å². The van der Waals surface area contributed by atoms with Crippen LogP contribution in [0.5, 0.6) is 0 Å². The fourth-order valence-corrected chi connectivity index (χ4v) is 3.00. The number of benzene rings is 1. The molecule has 2 aliphatic rings. The van der Waals surface area contributed by atoms with E-state index in [1.54, 1.807) is 0 Å². The Morgan fingerprint density at radius 2 is 2.22 bits per heavy atom. The number of carbonyl (C=O) groups is 1. The van der Waals surface area contributed by atoms with Crippen molar-refractivity contribution in [3.05, 3.63) is 34.9 Å². The third-order valence-corrected chi connectivity index (χ3v) is 4.28. The molecule has 1 atom stereocenters. The third kappa shape index (κ3) is 1.91. The van der Waals surface area contributed by atoms with Gasteiger partial charge in [0.2, 0.25) is 5.91 Å². The van der Waals surface area contributed by atoms with E-state index in [1.165, 1.54) is 0 Å². The minimum absolute atomic E-state index is 0.143. The highest BCUT2D eigenvalue weighted by Gasteiger charge is 2.53. The molecule has 1 amide bonds. The van der Waals surface area contributed by atoms with Crippen LogP contribution in [0.15, 0.2) is 24.3 Å². The van der Waals surface area contributed by atoms with Crippen LogP contribution >= 0.6 is 11.6 Å². The van der Waals surface area contributed by atoms with E-state index in [0.29, 0.717) is 11.6 Å². The first kappa shape index (κ1) is 12.0. The molecule has 1 aliphatic carbocycles. The largest absolute Gasteiger partial charge is 0.340 e. The average molecular weight is 265 g/mol. The Balaban J connectivity index is 1.85. The molecule has 3 nitrogen and oxygen atoms in total. The minimum Gasteiger partial charge on any atom is -0.340 e. The highest BCUT2D eigenvalue weighted by Crippen LogP contribution is 2.50. The first-order chi connectivity index (χ1) is 8.62. The number of carbonyl (C=O) groups excluding carboxylic acids is 1. The average Bonchev–Trinajstić information content (AvgIpc) is 3.06. The van der Waals surface area contributed by atoms with Gasteiger partial charge in [0.1, 0.15) is 0 Å². The molecule has 1 heterocycles. The molecule has 2 N–H and O–H groups in total. The summed E-state index contributed by atoms with van der Waals surface area (Å²) < 4.78 is 0. The van der Waals surface area contributed by atoms with Crippen molar-refractivity contribution in [3.63, 3.8) is 0 Å². The van der Waals surface area contributed by atoms with E-state index < -0.39 is 0 Å². The van der Waals surface area contributed by atoms with Crippen LogP contribution in [0.4, 0.5) is 0 Å². The summed E-state index contributed by atoms with van der Waals surface area (Å²) in [6.45, 7) is 1.49. The molecule has 4 heteroatoms. The van der Waals surface area contributed by atoms with Crippen molar-refractivity contribution in [2.45, 2.75) is 30.7 Å². The molecule has 1 unspecified atom stereocenters. The van der Waals surface area contributed by atoms with Crippen LogP contribution in [0.1, 0.15) is 24.8 Å². The van der Waals surface area contributed by atoms with Gasteiger partial charge < -0.3 is 10.6 Å². The van der Waals surface area contributed by atoms with Gasteiger partial charge in [-0.2, -0.15) is 0 Å². The van der Waals surface area contributed by atoms with E-state index in [2.05, 4.69) is 0 Å². The highest BCUT2D eigenvalue weighted by atomic mass is 35.5. The Morgan fingerprint density at radius 1 is 1.44 bits per heavy atom. The van der Waals surface area contributed by atoms with E-state index in [1.807, 2.05) is 29.2 Å². The zero-order valence-corrected chi connectivity index (χ0v) is 11.0. The van der Waals surface area contributed by atoms with Gasteiger partial charge in [-0.15, -0.1) is 0 Å². The van der Waals surface area contributed by atoms with Gasteiger partial charge >= 0.3 is 0 Å². The number of rotatable bonds is 2. The fraction of sp³-hybridized carbons (Fsp3) is 0.500. The van der Waals surface area contributed by atoms with Crippen molar-refractivity contribution < 1.29 is 4.79 Å². The van der Waals surface area contributed by atoms with E-state index >= 15 is 0 Å². The van der Waals surface area contributed by atoms with Crippen molar-refractivity contribution in [2.75, 3.05) is 13.1 Å². The molecule has 1 aliphatic heterocycles. The van der Waals surface area contributed by atoms with Gasteiger partial charge in [-0.25, -0.2) is 0 Å². The maximum absolute atomic E-state index is 12.6. The van der Waals surface area contributed by atoms with E-state index in [9.17, 15) is 4.79 Å². The zero-order valence-electron chi connectivity index (χ0n) is 10.2. The molecule has 0 spiro atoms. The predicted octanol–water partition coefficient (Wildman–Crippen LogP) is 1.93. The van der Waals surface area contributed by atoms with Crippen LogP contribution < -0.4 is 5.73 Å². The Morgan fingerprint density at radius 3 is 2.78 bits per heavy atom. The SMILES string of the molecule is NC1CCN(C(=O)C2(c3cccc(Cl)c3)CC2)C1. The first-order valence-corrected chi connectivity index (χ1v) is 6.81. The topological polar surface area (TPSA) is 46.3 Å². The molecule has 1 saturated heterocycles. The molecule has 2 fully saturated rings. The molecule has 0 aromatic heterocycles. The van der Waals surface area contributed by atoms with Gasteiger partial charge in [0, 0.05) is 24.2 Å². The Hall–Kier alpha value is -1.06. The third-order valence-electron chi connectivity index (χ3n) is 4.05.